The maximum absolute atomic E-state index is 12.0. The molecule has 2 rings (SSSR count). The van der Waals surface area contributed by atoms with Gasteiger partial charge in [-0.15, -0.1) is 0 Å². The number of rotatable bonds is 4. The molecular weight excluding hydrogens is 364 g/mol. The van der Waals surface area contributed by atoms with Gasteiger partial charge in [0.2, 0.25) is 5.91 Å². The van der Waals surface area contributed by atoms with Crippen LogP contribution >= 0.6 is 27.7 Å². The molecule has 2 aromatic rings. The van der Waals surface area contributed by atoms with Crippen molar-refractivity contribution >= 4 is 39.3 Å². The predicted octanol–water partition coefficient (Wildman–Crippen LogP) is 3.46. The summed E-state index contributed by atoms with van der Waals surface area (Å²) in [5.41, 5.74) is 1.76. The molecule has 0 atom stereocenters. The summed E-state index contributed by atoms with van der Waals surface area (Å²) in [6.45, 7) is 3.53. The van der Waals surface area contributed by atoms with Gasteiger partial charge in [0.15, 0.2) is 0 Å². The van der Waals surface area contributed by atoms with Crippen molar-refractivity contribution in [1.82, 2.24) is 9.97 Å². The van der Waals surface area contributed by atoms with E-state index in [2.05, 4.69) is 37.3 Å². The zero-order valence-electron chi connectivity index (χ0n) is 12.1. The van der Waals surface area contributed by atoms with E-state index in [1.807, 2.05) is 24.3 Å². The standard InChI is InChI=1S/C15H13BrN4OS/c1-9-11(7-17)15(19-10(2)18-9)22-8-14(21)20-13-6-4-3-5-12(13)16/h3-6H,8H2,1-2H3,(H,20,21). The number of aromatic nitrogens is 2. The van der Waals surface area contributed by atoms with E-state index < -0.39 is 0 Å². The lowest BCUT2D eigenvalue weighted by atomic mass is 10.3. The third-order valence-corrected chi connectivity index (χ3v) is 4.44. The van der Waals surface area contributed by atoms with E-state index in [-0.39, 0.29) is 11.7 Å². The molecule has 112 valence electrons. The number of halogens is 1. The molecule has 0 aliphatic rings. The number of anilines is 1. The number of carbonyl (C=O) groups excluding carboxylic acids is 1. The molecule has 0 aliphatic carbocycles. The summed E-state index contributed by atoms with van der Waals surface area (Å²) in [5.74, 6) is 0.603. The Morgan fingerprint density at radius 3 is 2.77 bits per heavy atom. The van der Waals surface area contributed by atoms with Crippen LogP contribution in [0.2, 0.25) is 0 Å². The molecular formula is C15H13BrN4OS. The molecule has 0 spiro atoms. The number of nitriles is 1. The van der Waals surface area contributed by atoms with Gasteiger partial charge in [0.1, 0.15) is 22.5 Å². The highest BCUT2D eigenvalue weighted by Gasteiger charge is 2.13. The first kappa shape index (κ1) is 16.5. The minimum Gasteiger partial charge on any atom is -0.324 e. The van der Waals surface area contributed by atoms with Gasteiger partial charge in [0.05, 0.1) is 17.1 Å². The summed E-state index contributed by atoms with van der Waals surface area (Å²) in [6.07, 6.45) is 0. The van der Waals surface area contributed by atoms with Crippen molar-refractivity contribution in [1.29, 1.82) is 5.26 Å². The van der Waals surface area contributed by atoms with E-state index in [9.17, 15) is 10.1 Å². The van der Waals surface area contributed by atoms with Crippen LogP contribution in [0.1, 0.15) is 17.1 Å². The molecule has 1 aromatic heterocycles. The number of benzene rings is 1. The third kappa shape index (κ3) is 4.06. The van der Waals surface area contributed by atoms with Crippen LogP contribution in [0.25, 0.3) is 0 Å². The van der Waals surface area contributed by atoms with Crippen molar-refractivity contribution in [3.05, 3.63) is 45.8 Å². The smallest absolute Gasteiger partial charge is 0.234 e. The maximum atomic E-state index is 12.0. The van der Waals surface area contributed by atoms with Crippen LogP contribution in [0.3, 0.4) is 0 Å². The molecule has 0 unspecified atom stereocenters. The normalized spacial score (nSPS) is 10.1. The van der Waals surface area contributed by atoms with Crippen LogP contribution in [-0.4, -0.2) is 21.6 Å². The molecule has 1 amide bonds. The van der Waals surface area contributed by atoms with Crippen molar-refractivity contribution in [3.8, 4) is 6.07 Å². The number of hydrogen-bond donors (Lipinski definition) is 1. The number of nitrogens with zero attached hydrogens (tertiary/aromatic N) is 3. The van der Waals surface area contributed by atoms with Crippen molar-refractivity contribution in [2.45, 2.75) is 18.9 Å². The van der Waals surface area contributed by atoms with Crippen LogP contribution < -0.4 is 5.32 Å². The monoisotopic (exact) mass is 376 g/mol. The Morgan fingerprint density at radius 1 is 1.36 bits per heavy atom. The van der Waals surface area contributed by atoms with Gasteiger partial charge in [-0.1, -0.05) is 23.9 Å². The Hall–Kier alpha value is -1.91. The average Bonchev–Trinajstić information content (AvgIpc) is 2.47. The van der Waals surface area contributed by atoms with Crippen LogP contribution in [0.15, 0.2) is 33.8 Å². The highest BCUT2D eigenvalue weighted by Crippen LogP contribution is 2.24. The SMILES string of the molecule is Cc1nc(C)c(C#N)c(SCC(=O)Nc2ccccc2Br)n1. The Morgan fingerprint density at radius 2 is 2.09 bits per heavy atom. The molecule has 22 heavy (non-hydrogen) atoms. The lowest BCUT2D eigenvalue weighted by Crippen LogP contribution is -2.14. The molecule has 1 heterocycles. The maximum Gasteiger partial charge on any atom is 0.234 e. The van der Waals surface area contributed by atoms with Crippen molar-refractivity contribution in [2.75, 3.05) is 11.1 Å². The third-order valence-electron chi connectivity index (χ3n) is 2.77. The van der Waals surface area contributed by atoms with E-state index in [4.69, 9.17) is 0 Å². The molecule has 0 saturated heterocycles. The molecule has 0 aliphatic heterocycles. The topological polar surface area (TPSA) is 78.7 Å². The number of nitrogens with one attached hydrogen (secondary N) is 1. The first-order valence-electron chi connectivity index (χ1n) is 6.43. The fraction of sp³-hybridized carbons (Fsp3) is 0.200. The summed E-state index contributed by atoms with van der Waals surface area (Å²) in [7, 11) is 0. The van der Waals surface area contributed by atoms with Gasteiger partial charge in [-0.3, -0.25) is 4.79 Å². The van der Waals surface area contributed by atoms with Crippen molar-refractivity contribution in [2.24, 2.45) is 0 Å². The zero-order valence-corrected chi connectivity index (χ0v) is 14.5. The van der Waals surface area contributed by atoms with Crippen molar-refractivity contribution < 1.29 is 4.79 Å². The van der Waals surface area contributed by atoms with E-state index >= 15 is 0 Å². The van der Waals surface area contributed by atoms with Crippen LogP contribution in [0.5, 0.6) is 0 Å². The Balaban J connectivity index is 2.06. The van der Waals surface area contributed by atoms with Crippen LogP contribution in [0, 0.1) is 25.2 Å². The number of para-hydroxylation sites is 1. The molecule has 0 saturated carbocycles. The summed E-state index contributed by atoms with van der Waals surface area (Å²) >= 11 is 4.61. The number of amides is 1. The first-order valence-corrected chi connectivity index (χ1v) is 8.21. The predicted molar refractivity (Wildman–Crippen MR) is 89.7 cm³/mol. The first-order chi connectivity index (χ1) is 10.5. The molecule has 1 aromatic carbocycles. The van der Waals surface area contributed by atoms with Gasteiger partial charge in [-0.25, -0.2) is 9.97 Å². The van der Waals surface area contributed by atoms with Gasteiger partial charge in [0, 0.05) is 4.47 Å². The molecule has 0 fully saturated rings. The molecule has 0 bridgehead atoms. The number of aryl methyl sites for hydroxylation is 2. The number of thioether (sulfide) groups is 1. The minimum atomic E-state index is -0.158. The molecule has 5 nitrogen and oxygen atoms in total. The van der Waals surface area contributed by atoms with Gasteiger partial charge < -0.3 is 5.32 Å². The Labute approximate surface area is 141 Å². The molecule has 1 N–H and O–H groups in total. The summed E-state index contributed by atoms with van der Waals surface area (Å²) in [4.78, 5) is 20.4. The van der Waals surface area contributed by atoms with Gasteiger partial charge in [-0.05, 0) is 41.9 Å². The minimum absolute atomic E-state index is 0.158. The van der Waals surface area contributed by atoms with Crippen LogP contribution in [0.4, 0.5) is 5.69 Å². The molecule has 7 heteroatoms. The second-order valence-corrected chi connectivity index (χ2v) is 6.28. The van der Waals surface area contributed by atoms with E-state index in [1.165, 1.54) is 11.8 Å². The van der Waals surface area contributed by atoms with E-state index in [1.54, 1.807) is 13.8 Å². The molecule has 0 radical (unpaired) electrons. The number of carbonyl (C=O) groups is 1. The van der Waals surface area contributed by atoms with E-state index in [0.29, 0.717) is 27.8 Å². The fourth-order valence-electron chi connectivity index (χ4n) is 1.80. The van der Waals surface area contributed by atoms with Gasteiger partial charge >= 0.3 is 0 Å². The second-order valence-electron chi connectivity index (χ2n) is 4.46. The van der Waals surface area contributed by atoms with Gasteiger partial charge in [-0.2, -0.15) is 5.26 Å². The highest BCUT2D eigenvalue weighted by molar-refractivity contribution is 9.10. The second kappa shape index (κ2) is 7.38. The Kier molecular flexibility index (Phi) is 5.52. The largest absolute Gasteiger partial charge is 0.324 e. The number of hydrogen-bond acceptors (Lipinski definition) is 5. The Bertz CT molecular complexity index is 758. The highest BCUT2D eigenvalue weighted by atomic mass is 79.9. The summed E-state index contributed by atoms with van der Waals surface area (Å²) in [6, 6.07) is 9.48. The summed E-state index contributed by atoms with van der Waals surface area (Å²) in [5, 5.41) is 12.5. The average molecular weight is 377 g/mol. The lowest BCUT2D eigenvalue weighted by molar-refractivity contribution is -0.113. The van der Waals surface area contributed by atoms with Gasteiger partial charge in [0.25, 0.3) is 0 Å². The van der Waals surface area contributed by atoms with Crippen LogP contribution in [-0.2, 0) is 4.79 Å². The fourth-order valence-corrected chi connectivity index (χ4v) is 3.06. The quantitative estimate of drug-likeness (QED) is 0.652. The van der Waals surface area contributed by atoms with E-state index in [0.717, 1.165) is 4.47 Å². The summed E-state index contributed by atoms with van der Waals surface area (Å²) < 4.78 is 0.819. The zero-order chi connectivity index (χ0) is 16.1. The van der Waals surface area contributed by atoms with Crippen molar-refractivity contribution in [3.63, 3.8) is 0 Å². The lowest BCUT2D eigenvalue weighted by Gasteiger charge is -2.08.